The number of rotatable bonds is 4. The Morgan fingerprint density at radius 3 is 2.58 bits per heavy atom. The SMILES string of the molecule is CCC1CCC(C(N)c2cc(OC)ccc2Br)CC1. The minimum atomic E-state index is 0.113. The van der Waals surface area contributed by atoms with Crippen molar-refractivity contribution in [3.63, 3.8) is 0 Å². The van der Waals surface area contributed by atoms with E-state index in [1.54, 1.807) is 7.11 Å². The number of halogens is 1. The second-order valence-corrected chi connectivity index (χ2v) is 6.46. The Morgan fingerprint density at radius 2 is 2.00 bits per heavy atom. The van der Waals surface area contributed by atoms with E-state index in [2.05, 4.69) is 28.9 Å². The van der Waals surface area contributed by atoms with Gasteiger partial charge >= 0.3 is 0 Å². The van der Waals surface area contributed by atoms with Gasteiger partial charge in [0.2, 0.25) is 0 Å². The molecule has 19 heavy (non-hydrogen) atoms. The molecule has 0 amide bonds. The third kappa shape index (κ3) is 3.51. The van der Waals surface area contributed by atoms with E-state index >= 15 is 0 Å². The van der Waals surface area contributed by atoms with Crippen LogP contribution in [0.1, 0.15) is 50.6 Å². The monoisotopic (exact) mass is 325 g/mol. The summed E-state index contributed by atoms with van der Waals surface area (Å²) in [4.78, 5) is 0. The van der Waals surface area contributed by atoms with Gasteiger partial charge in [0.15, 0.2) is 0 Å². The highest BCUT2D eigenvalue weighted by Crippen LogP contribution is 2.39. The van der Waals surface area contributed by atoms with Crippen molar-refractivity contribution in [2.75, 3.05) is 7.11 Å². The minimum absolute atomic E-state index is 0.113. The fraction of sp³-hybridized carbons (Fsp3) is 0.625. The highest BCUT2D eigenvalue weighted by atomic mass is 79.9. The van der Waals surface area contributed by atoms with Crippen LogP contribution in [0.2, 0.25) is 0 Å². The minimum Gasteiger partial charge on any atom is -0.497 e. The molecule has 2 rings (SSSR count). The summed E-state index contributed by atoms with van der Waals surface area (Å²) in [7, 11) is 1.70. The Bertz CT molecular complexity index is 413. The summed E-state index contributed by atoms with van der Waals surface area (Å²) in [6.45, 7) is 2.30. The van der Waals surface area contributed by atoms with Gasteiger partial charge in [0.05, 0.1) is 7.11 Å². The summed E-state index contributed by atoms with van der Waals surface area (Å²) in [6.07, 6.45) is 6.48. The molecule has 0 heterocycles. The number of methoxy groups -OCH3 is 1. The van der Waals surface area contributed by atoms with Gasteiger partial charge in [0, 0.05) is 10.5 Å². The second kappa shape index (κ2) is 6.76. The van der Waals surface area contributed by atoms with Crippen LogP contribution in [0, 0.1) is 11.8 Å². The second-order valence-electron chi connectivity index (χ2n) is 5.60. The van der Waals surface area contributed by atoms with Gasteiger partial charge < -0.3 is 10.5 Å². The van der Waals surface area contributed by atoms with Crippen LogP contribution in [0.25, 0.3) is 0 Å². The molecule has 0 bridgehead atoms. The van der Waals surface area contributed by atoms with Crippen molar-refractivity contribution >= 4 is 15.9 Å². The van der Waals surface area contributed by atoms with Gasteiger partial charge in [0.1, 0.15) is 5.75 Å². The zero-order valence-electron chi connectivity index (χ0n) is 11.9. The van der Waals surface area contributed by atoms with E-state index in [-0.39, 0.29) is 6.04 Å². The lowest BCUT2D eigenvalue weighted by molar-refractivity contribution is 0.239. The highest BCUT2D eigenvalue weighted by Gasteiger charge is 2.26. The molecule has 0 saturated heterocycles. The number of benzene rings is 1. The zero-order chi connectivity index (χ0) is 13.8. The average Bonchev–Trinajstić information content (AvgIpc) is 2.47. The fourth-order valence-electron chi connectivity index (χ4n) is 3.11. The standard InChI is InChI=1S/C16H24BrNO/c1-3-11-4-6-12(7-5-11)16(18)14-10-13(19-2)8-9-15(14)17/h8-12,16H,3-7,18H2,1-2H3. The maximum absolute atomic E-state index is 6.50. The van der Waals surface area contributed by atoms with Crippen molar-refractivity contribution in [1.29, 1.82) is 0 Å². The maximum atomic E-state index is 6.50. The molecule has 0 aliphatic heterocycles. The molecule has 0 aromatic heterocycles. The largest absolute Gasteiger partial charge is 0.497 e. The van der Waals surface area contributed by atoms with E-state index < -0.39 is 0 Å². The van der Waals surface area contributed by atoms with Crippen LogP contribution >= 0.6 is 15.9 Å². The summed E-state index contributed by atoms with van der Waals surface area (Å²) >= 11 is 3.62. The molecule has 1 aliphatic carbocycles. The van der Waals surface area contributed by atoms with E-state index in [0.717, 1.165) is 16.1 Å². The van der Waals surface area contributed by atoms with Crippen LogP contribution in [-0.4, -0.2) is 7.11 Å². The third-order valence-corrected chi connectivity index (χ3v) is 5.26. The van der Waals surface area contributed by atoms with Crippen LogP contribution in [0.3, 0.4) is 0 Å². The smallest absolute Gasteiger partial charge is 0.119 e. The summed E-state index contributed by atoms with van der Waals surface area (Å²) in [5.74, 6) is 2.40. The predicted molar refractivity (Wildman–Crippen MR) is 83.4 cm³/mol. The summed E-state index contributed by atoms with van der Waals surface area (Å²) in [5, 5.41) is 0. The predicted octanol–water partition coefficient (Wildman–Crippen LogP) is 4.67. The normalized spacial score (nSPS) is 25.1. The van der Waals surface area contributed by atoms with Gasteiger partial charge in [-0.2, -0.15) is 0 Å². The van der Waals surface area contributed by atoms with Crippen LogP contribution in [0.5, 0.6) is 5.75 Å². The number of hydrogen-bond acceptors (Lipinski definition) is 2. The summed E-state index contributed by atoms with van der Waals surface area (Å²) in [6, 6.07) is 6.18. The van der Waals surface area contributed by atoms with Crippen LogP contribution in [0.4, 0.5) is 0 Å². The van der Waals surface area contributed by atoms with Gasteiger partial charge in [-0.25, -0.2) is 0 Å². The van der Waals surface area contributed by atoms with Gasteiger partial charge in [-0.3, -0.25) is 0 Å². The first-order valence-corrected chi connectivity index (χ1v) is 8.04. The molecular weight excluding hydrogens is 302 g/mol. The van der Waals surface area contributed by atoms with Crippen LogP contribution in [-0.2, 0) is 0 Å². The summed E-state index contributed by atoms with van der Waals surface area (Å²) in [5.41, 5.74) is 7.68. The first-order valence-electron chi connectivity index (χ1n) is 7.24. The molecule has 1 saturated carbocycles. The molecule has 2 N–H and O–H groups in total. The average molecular weight is 326 g/mol. The van der Waals surface area contributed by atoms with Gasteiger partial charge in [-0.1, -0.05) is 42.1 Å². The van der Waals surface area contributed by atoms with Gasteiger partial charge in [0.25, 0.3) is 0 Å². The first-order chi connectivity index (χ1) is 9.15. The molecule has 0 spiro atoms. The Morgan fingerprint density at radius 1 is 1.32 bits per heavy atom. The molecule has 3 heteroatoms. The van der Waals surface area contributed by atoms with E-state index in [1.807, 2.05) is 12.1 Å². The molecule has 0 radical (unpaired) electrons. The van der Waals surface area contributed by atoms with Crippen LogP contribution in [0.15, 0.2) is 22.7 Å². The Labute approximate surface area is 124 Å². The lowest BCUT2D eigenvalue weighted by Crippen LogP contribution is -2.26. The topological polar surface area (TPSA) is 35.2 Å². The quantitative estimate of drug-likeness (QED) is 0.872. The Kier molecular flexibility index (Phi) is 5.28. The molecular formula is C16H24BrNO. The number of nitrogens with two attached hydrogens (primary N) is 1. The van der Waals surface area contributed by atoms with Crippen molar-refractivity contribution < 1.29 is 4.74 Å². The fourth-order valence-corrected chi connectivity index (χ4v) is 3.62. The van der Waals surface area contributed by atoms with E-state index in [9.17, 15) is 0 Å². The lowest BCUT2D eigenvalue weighted by Gasteiger charge is -2.32. The molecule has 1 aliphatic rings. The van der Waals surface area contributed by atoms with Crippen molar-refractivity contribution in [3.05, 3.63) is 28.2 Å². The maximum Gasteiger partial charge on any atom is 0.119 e. The lowest BCUT2D eigenvalue weighted by atomic mass is 9.76. The number of hydrogen-bond donors (Lipinski definition) is 1. The van der Waals surface area contributed by atoms with E-state index in [4.69, 9.17) is 10.5 Å². The van der Waals surface area contributed by atoms with Crippen LogP contribution < -0.4 is 10.5 Å². The molecule has 1 fully saturated rings. The highest BCUT2D eigenvalue weighted by molar-refractivity contribution is 9.10. The number of ether oxygens (including phenoxy) is 1. The Balaban J connectivity index is 2.09. The van der Waals surface area contributed by atoms with Gasteiger partial charge in [-0.05, 0) is 48.4 Å². The van der Waals surface area contributed by atoms with Gasteiger partial charge in [-0.15, -0.1) is 0 Å². The van der Waals surface area contributed by atoms with E-state index in [0.29, 0.717) is 5.92 Å². The molecule has 1 aromatic carbocycles. The van der Waals surface area contributed by atoms with Crippen molar-refractivity contribution in [2.45, 2.75) is 45.1 Å². The van der Waals surface area contributed by atoms with Crippen molar-refractivity contribution in [2.24, 2.45) is 17.6 Å². The summed E-state index contributed by atoms with van der Waals surface area (Å²) < 4.78 is 6.40. The van der Waals surface area contributed by atoms with Crippen molar-refractivity contribution in [1.82, 2.24) is 0 Å². The Hall–Kier alpha value is -0.540. The van der Waals surface area contributed by atoms with E-state index in [1.165, 1.54) is 37.7 Å². The third-order valence-electron chi connectivity index (χ3n) is 4.54. The molecule has 1 atom stereocenters. The molecule has 1 unspecified atom stereocenters. The first kappa shape index (κ1) is 14.9. The molecule has 1 aromatic rings. The molecule has 106 valence electrons. The molecule has 2 nitrogen and oxygen atoms in total. The zero-order valence-corrected chi connectivity index (χ0v) is 13.4. The van der Waals surface area contributed by atoms with Crippen molar-refractivity contribution in [3.8, 4) is 5.75 Å².